The zero-order chi connectivity index (χ0) is 25.2. The Hall–Kier alpha value is -5.01. The van der Waals surface area contributed by atoms with E-state index in [4.69, 9.17) is 16.2 Å². The van der Waals surface area contributed by atoms with Gasteiger partial charge in [0.2, 0.25) is 11.8 Å². The van der Waals surface area contributed by atoms with Crippen molar-refractivity contribution in [2.45, 2.75) is 6.17 Å². The number of ether oxygens (including phenoxy) is 1. The molecule has 0 fully saturated rings. The highest BCUT2D eigenvalue weighted by atomic mass is 16.5. The number of pyridine rings is 1. The van der Waals surface area contributed by atoms with Crippen molar-refractivity contribution in [3.8, 4) is 22.9 Å². The van der Waals surface area contributed by atoms with Gasteiger partial charge < -0.3 is 21.1 Å². The average Bonchev–Trinajstić information content (AvgIpc) is 2.95. The minimum Gasteiger partial charge on any atom is -0.438 e. The van der Waals surface area contributed by atoms with Gasteiger partial charge in [-0.3, -0.25) is 0 Å². The van der Waals surface area contributed by atoms with Gasteiger partial charge in [0.05, 0.1) is 11.3 Å². The third kappa shape index (κ3) is 4.39. The van der Waals surface area contributed by atoms with E-state index in [1.54, 1.807) is 18.5 Å². The summed E-state index contributed by atoms with van der Waals surface area (Å²) < 4.78 is 6.14. The summed E-state index contributed by atoms with van der Waals surface area (Å²) in [6, 6.07) is 31.9. The predicted molar refractivity (Wildman–Crippen MR) is 146 cm³/mol. The summed E-state index contributed by atoms with van der Waals surface area (Å²) in [6.07, 6.45) is 5.09. The molecule has 0 spiro atoms. The summed E-state index contributed by atoms with van der Waals surface area (Å²) in [5, 5.41) is 0. The Labute approximate surface area is 214 Å². The molecule has 1 atom stereocenters. The molecular weight excluding hydrogens is 460 g/mol. The Morgan fingerprint density at radius 1 is 0.730 bits per heavy atom. The van der Waals surface area contributed by atoms with E-state index in [2.05, 4.69) is 50.3 Å². The zero-order valence-corrected chi connectivity index (χ0v) is 19.9. The molecule has 0 radical (unpaired) electrons. The Morgan fingerprint density at radius 2 is 1.49 bits per heavy atom. The molecule has 1 unspecified atom stereocenters. The van der Waals surface area contributed by atoms with Gasteiger partial charge in [-0.05, 0) is 59.2 Å². The molecule has 5 aromatic rings. The number of hydrogen-bond donors (Lipinski definition) is 2. The fraction of sp³-hybridized carbons (Fsp3) is 0.0333. The molecule has 0 aliphatic carbocycles. The monoisotopic (exact) mass is 484 g/mol. The van der Waals surface area contributed by atoms with E-state index in [1.165, 1.54) is 0 Å². The maximum Gasteiger partial charge on any atom is 0.228 e. The number of nitrogens with zero attached hydrogens (tertiary/aromatic N) is 4. The second kappa shape index (κ2) is 9.56. The zero-order valence-electron chi connectivity index (χ0n) is 19.9. The molecule has 0 saturated carbocycles. The predicted octanol–water partition coefficient (Wildman–Crippen LogP) is 5.78. The Bertz CT molecular complexity index is 1580. The number of anilines is 2. The molecule has 2 aromatic heterocycles. The highest BCUT2D eigenvalue weighted by Gasteiger charge is 2.26. The van der Waals surface area contributed by atoms with Crippen LogP contribution in [0.4, 0.5) is 11.6 Å². The van der Waals surface area contributed by atoms with Crippen LogP contribution in [0.3, 0.4) is 0 Å². The second-order valence-electron chi connectivity index (χ2n) is 8.60. The Balaban J connectivity index is 1.32. The van der Waals surface area contributed by atoms with Crippen molar-refractivity contribution in [1.82, 2.24) is 15.0 Å². The molecule has 0 amide bonds. The Morgan fingerprint density at radius 3 is 2.30 bits per heavy atom. The van der Waals surface area contributed by atoms with Crippen molar-refractivity contribution >= 4 is 17.2 Å². The van der Waals surface area contributed by atoms with Crippen LogP contribution in [-0.2, 0) is 0 Å². The fourth-order valence-electron chi connectivity index (χ4n) is 4.51. The summed E-state index contributed by atoms with van der Waals surface area (Å²) in [5.74, 6) is 1.27. The summed E-state index contributed by atoms with van der Waals surface area (Å²) in [6.45, 7) is 0. The lowest BCUT2D eigenvalue weighted by molar-refractivity contribution is 0.464. The maximum atomic E-state index is 6.74. The second-order valence-corrected chi connectivity index (χ2v) is 8.60. The number of hydrogen-bond acceptors (Lipinski definition) is 7. The van der Waals surface area contributed by atoms with Crippen molar-refractivity contribution in [1.29, 1.82) is 0 Å². The summed E-state index contributed by atoms with van der Waals surface area (Å²) in [7, 11) is 0. The number of nitrogens with two attached hydrogens (primary N) is 2. The highest BCUT2D eigenvalue weighted by Crippen LogP contribution is 2.39. The van der Waals surface area contributed by atoms with Crippen molar-refractivity contribution < 1.29 is 4.74 Å². The normalized spacial score (nSPS) is 14.6. The third-order valence-electron chi connectivity index (χ3n) is 6.29. The topological polar surface area (TPSA) is 103 Å². The van der Waals surface area contributed by atoms with Crippen molar-refractivity contribution in [2.75, 3.05) is 10.6 Å². The minimum atomic E-state index is -0.318. The largest absolute Gasteiger partial charge is 0.438 e. The van der Waals surface area contributed by atoms with Crippen LogP contribution in [0.5, 0.6) is 11.6 Å². The van der Waals surface area contributed by atoms with Gasteiger partial charge in [0.1, 0.15) is 11.9 Å². The van der Waals surface area contributed by atoms with E-state index in [-0.39, 0.29) is 12.1 Å². The molecule has 4 N–H and O–H groups in total. The van der Waals surface area contributed by atoms with Crippen LogP contribution >= 0.6 is 0 Å². The van der Waals surface area contributed by atoms with Gasteiger partial charge in [-0.1, -0.05) is 54.6 Å². The Kier molecular flexibility index (Phi) is 5.80. The lowest BCUT2D eigenvalue weighted by Crippen LogP contribution is -2.34. The quantitative estimate of drug-likeness (QED) is 0.326. The van der Waals surface area contributed by atoms with E-state index in [0.717, 1.165) is 33.5 Å². The van der Waals surface area contributed by atoms with Gasteiger partial charge in [0.15, 0.2) is 0 Å². The average molecular weight is 485 g/mol. The van der Waals surface area contributed by atoms with Gasteiger partial charge in [-0.2, -0.15) is 0 Å². The van der Waals surface area contributed by atoms with Crippen LogP contribution in [0.1, 0.15) is 22.9 Å². The molecule has 0 bridgehead atoms. The molecule has 3 heterocycles. The molecule has 0 saturated heterocycles. The van der Waals surface area contributed by atoms with E-state index in [9.17, 15) is 0 Å². The van der Waals surface area contributed by atoms with Gasteiger partial charge in [0, 0.05) is 29.9 Å². The molecule has 7 nitrogen and oxygen atoms in total. The van der Waals surface area contributed by atoms with Gasteiger partial charge >= 0.3 is 0 Å². The molecule has 180 valence electrons. The molecule has 1 aliphatic heterocycles. The van der Waals surface area contributed by atoms with E-state index >= 15 is 0 Å². The lowest BCUT2D eigenvalue weighted by Gasteiger charge is -2.35. The standard InChI is InChI=1S/C30H24N6O/c31-28-24-10-5-4-9-23(24)26(20-7-2-1-3-8-20)19-36(28)21-12-14-22(15-13-21)37-29-25(11-6-17-33-29)27-16-18-34-30(32)35-27/h1-19,28H,31H2,(H2,32,34,35). The lowest BCUT2D eigenvalue weighted by atomic mass is 9.90. The van der Waals surface area contributed by atoms with E-state index in [0.29, 0.717) is 17.3 Å². The number of aromatic nitrogens is 3. The van der Waals surface area contributed by atoms with Crippen LogP contribution < -0.4 is 21.1 Å². The fourth-order valence-corrected chi connectivity index (χ4v) is 4.51. The number of fused-ring (bicyclic) bond motifs is 1. The van der Waals surface area contributed by atoms with Crippen LogP contribution in [0.15, 0.2) is 116 Å². The molecule has 1 aliphatic rings. The van der Waals surface area contributed by atoms with Crippen molar-refractivity contribution in [2.24, 2.45) is 5.73 Å². The first-order valence-corrected chi connectivity index (χ1v) is 11.9. The first-order chi connectivity index (χ1) is 18.2. The summed E-state index contributed by atoms with van der Waals surface area (Å²) in [5.41, 5.74) is 19.3. The van der Waals surface area contributed by atoms with Crippen molar-refractivity contribution in [3.63, 3.8) is 0 Å². The molecular formula is C30H24N6O. The van der Waals surface area contributed by atoms with Gasteiger partial charge in [-0.25, -0.2) is 15.0 Å². The van der Waals surface area contributed by atoms with Gasteiger partial charge in [-0.15, -0.1) is 0 Å². The van der Waals surface area contributed by atoms with E-state index < -0.39 is 0 Å². The van der Waals surface area contributed by atoms with Gasteiger partial charge in [0.25, 0.3) is 0 Å². The number of nitrogen functional groups attached to an aromatic ring is 1. The van der Waals surface area contributed by atoms with Crippen molar-refractivity contribution in [3.05, 3.63) is 132 Å². The molecule has 3 aromatic carbocycles. The minimum absolute atomic E-state index is 0.194. The van der Waals surface area contributed by atoms with Crippen LogP contribution in [0.25, 0.3) is 16.8 Å². The van der Waals surface area contributed by atoms with Crippen LogP contribution in [0, 0.1) is 0 Å². The third-order valence-corrected chi connectivity index (χ3v) is 6.29. The van der Waals surface area contributed by atoms with Crippen LogP contribution in [-0.4, -0.2) is 15.0 Å². The van der Waals surface area contributed by atoms with Crippen LogP contribution in [0.2, 0.25) is 0 Å². The SMILES string of the molecule is Nc1nccc(-c2cccnc2Oc2ccc(N3C=C(c4ccccc4)c4ccccc4C3N)cc2)n1. The molecule has 37 heavy (non-hydrogen) atoms. The summed E-state index contributed by atoms with van der Waals surface area (Å²) in [4.78, 5) is 14.8. The highest BCUT2D eigenvalue weighted by molar-refractivity contribution is 5.85. The first kappa shape index (κ1) is 22.5. The molecule has 6 rings (SSSR count). The number of benzene rings is 3. The first-order valence-electron chi connectivity index (χ1n) is 11.9. The van der Waals surface area contributed by atoms with E-state index in [1.807, 2.05) is 66.7 Å². The number of rotatable bonds is 5. The maximum absolute atomic E-state index is 6.74. The molecule has 7 heteroatoms. The smallest absolute Gasteiger partial charge is 0.228 e. The summed E-state index contributed by atoms with van der Waals surface area (Å²) >= 11 is 0.